The molecule has 1 aliphatic heterocycles. The maximum absolute atomic E-state index is 12.0. The number of hydrogen-bond donors (Lipinski definition) is 3. The average molecular weight is 497 g/mol. The van der Waals surface area contributed by atoms with Gasteiger partial charge in [0, 0.05) is 32.6 Å². The average Bonchev–Trinajstić information content (AvgIpc) is 2.99. The number of aliphatic imine (C=N–C) groups is 1. The summed E-state index contributed by atoms with van der Waals surface area (Å²) >= 11 is 0. The number of guanidine groups is 1. The first kappa shape index (κ1) is 21.4. The highest BCUT2D eigenvalue weighted by Crippen LogP contribution is 2.25. The Balaban J connectivity index is 0.00000243. The molecule has 3 rings (SSSR count). The summed E-state index contributed by atoms with van der Waals surface area (Å²) in [6.45, 7) is 1.62. The van der Waals surface area contributed by atoms with Gasteiger partial charge in [-0.15, -0.1) is 24.0 Å². The molecular weight excluding hydrogens is 469 g/mol. The van der Waals surface area contributed by atoms with Gasteiger partial charge in [0.25, 0.3) is 0 Å². The van der Waals surface area contributed by atoms with Crippen molar-refractivity contribution in [1.82, 2.24) is 30.1 Å². The van der Waals surface area contributed by atoms with Crippen molar-refractivity contribution in [2.24, 2.45) is 10.9 Å². The molecule has 0 saturated heterocycles. The summed E-state index contributed by atoms with van der Waals surface area (Å²) in [5, 5.41) is 10.6. The lowest BCUT2D eigenvalue weighted by Gasteiger charge is -2.26. The summed E-state index contributed by atoms with van der Waals surface area (Å²) in [5.41, 5.74) is 0. The van der Waals surface area contributed by atoms with Crippen LogP contribution in [0.5, 0.6) is 0 Å². The van der Waals surface area contributed by atoms with Crippen molar-refractivity contribution in [2.75, 3.05) is 25.9 Å². The minimum atomic E-state index is -3.24. The molecule has 9 nitrogen and oxygen atoms in total. The SMILES string of the molecule is CN=C(NCCS(=O)(=O)NCC1CCC1)NC1CCc2ncnn2C1.I. The first-order chi connectivity index (χ1) is 12.1. The number of aromatic nitrogens is 3. The van der Waals surface area contributed by atoms with Crippen molar-refractivity contribution in [1.29, 1.82) is 0 Å². The van der Waals surface area contributed by atoms with E-state index in [0.717, 1.165) is 38.1 Å². The molecule has 0 bridgehead atoms. The molecule has 0 radical (unpaired) electrons. The molecule has 3 N–H and O–H groups in total. The number of halogens is 1. The first-order valence-corrected chi connectivity index (χ1v) is 10.5. The molecule has 2 heterocycles. The second kappa shape index (κ2) is 9.83. The number of sulfonamides is 1. The van der Waals surface area contributed by atoms with E-state index in [1.165, 1.54) is 6.42 Å². The Hall–Kier alpha value is -0.950. The van der Waals surface area contributed by atoms with Crippen LogP contribution in [-0.4, -0.2) is 61.1 Å². The van der Waals surface area contributed by atoms with Crippen LogP contribution >= 0.6 is 24.0 Å². The van der Waals surface area contributed by atoms with Crippen molar-refractivity contribution in [2.45, 2.75) is 44.7 Å². The normalized spacial score (nSPS) is 20.7. The van der Waals surface area contributed by atoms with E-state index in [9.17, 15) is 8.42 Å². The molecule has 11 heteroatoms. The fourth-order valence-electron chi connectivity index (χ4n) is 3.06. The summed E-state index contributed by atoms with van der Waals surface area (Å²) in [6, 6.07) is 0.203. The number of fused-ring (bicyclic) bond motifs is 1. The Morgan fingerprint density at radius 2 is 2.19 bits per heavy atom. The molecular formula is C15H28IN7O2S. The van der Waals surface area contributed by atoms with E-state index in [2.05, 4.69) is 30.4 Å². The van der Waals surface area contributed by atoms with Gasteiger partial charge in [0.15, 0.2) is 5.96 Å². The van der Waals surface area contributed by atoms with Gasteiger partial charge in [-0.25, -0.2) is 22.8 Å². The lowest BCUT2D eigenvalue weighted by molar-refractivity contribution is 0.316. The highest BCUT2D eigenvalue weighted by molar-refractivity contribution is 14.0. The van der Waals surface area contributed by atoms with Crippen LogP contribution in [-0.2, 0) is 23.0 Å². The summed E-state index contributed by atoms with van der Waals surface area (Å²) in [7, 11) is -1.56. The highest BCUT2D eigenvalue weighted by Gasteiger charge is 2.22. The zero-order chi connectivity index (χ0) is 17.7. The van der Waals surface area contributed by atoms with E-state index >= 15 is 0 Å². The standard InChI is InChI=1S/C15H27N7O2S.HI/c1-16-15(21-13-5-6-14-18-11-19-22(14)10-13)17-7-8-25(23,24)20-9-12-3-2-4-12;/h11-13,20H,2-10H2,1H3,(H2,16,17,21);1H. The van der Waals surface area contributed by atoms with Crippen molar-refractivity contribution < 1.29 is 8.42 Å². The van der Waals surface area contributed by atoms with Crippen LogP contribution in [0.15, 0.2) is 11.3 Å². The molecule has 148 valence electrons. The van der Waals surface area contributed by atoms with Gasteiger partial charge >= 0.3 is 0 Å². The quantitative estimate of drug-likeness (QED) is 0.280. The zero-order valence-electron chi connectivity index (χ0n) is 15.0. The number of rotatable bonds is 7. The van der Waals surface area contributed by atoms with Crippen molar-refractivity contribution in [3.05, 3.63) is 12.2 Å². The predicted molar refractivity (Wildman–Crippen MR) is 111 cm³/mol. The fourth-order valence-corrected chi connectivity index (χ4v) is 4.07. The Morgan fingerprint density at radius 3 is 2.88 bits per heavy atom. The molecule has 1 saturated carbocycles. The molecule has 1 aromatic heterocycles. The van der Waals surface area contributed by atoms with Gasteiger partial charge in [0.1, 0.15) is 12.2 Å². The van der Waals surface area contributed by atoms with Crippen molar-refractivity contribution in [3.63, 3.8) is 0 Å². The monoisotopic (exact) mass is 497 g/mol. The number of nitrogens with one attached hydrogen (secondary N) is 3. The van der Waals surface area contributed by atoms with Gasteiger partial charge < -0.3 is 10.6 Å². The first-order valence-electron chi connectivity index (χ1n) is 8.87. The van der Waals surface area contributed by atoms with E-state index in [4.69, 9.17) is 0 Å². The lowest BCUT2D eigenvalue weighted by atomic mass is 9.86. The van der Waals surface area contributed by atoms with E-state index in [-0.39, 0.29) is 35.8 Å². The Morgan fingerprint density at radius 1 is 1.38 bits per heavy atom. The maximum atomic E-state index is 12.0. The van der Waals surface area contributed by atoms with Gasteiger partial charge in [-0.05, 0) is 25.2 Å². The molecule has 1 fully saturated rings. The Bertz CT molecular complexity index is 703. The van der Waals surface area contributed by atoms with Crippen LogP contribution in [0.3, 0.4) is 0 Å². The molecule has 1 aromatic rings. The fraction of sp³-hybridized carbons (Fsp3) is 0.800. The van der Waals surface area contributed by atoms with Crippen LogP contribution in [0.4, 0.5) is 0 Å². The van der Waals surface area contributed by atoms with Crippen molar-refractivity contribution in [3.8, 4) is 0 Å². The molecule has 0 spiro atoms. The largest absolute Gasteiger partial charge is 0.355 e. The van der Waals surface area contributed by atoms with Gasteiger partial charge in [0.05, 0.1) is 12.3 Å². The van der Waals surface area contributed by atoms with Crippen LogP contribution in [0.2, 0.25) is 0 Å². The van der Waals surface area contributed by atoms with Crippen molar-refractivity contribution >= 4 is 40.0 Å². The number of aryl methyl sites for hydroxylation is 1. The topological polar surface area (TPSA) is 113 Å². The minimum Gasteiger partial charge on any atom is -0.355 e. The summed E-state index contributed by atoms with van der Waals surface area (Å²) in [4.78, 5) is 8.39. The van der Waals surface area contributed by atoms with E-state index in [0.29, 0.717) is 25.0 Å². The Kier molecular flexibility index (Phi) is 8.07. The van der Waals surface area contributed by atoms with Gasteiger partial charge in [-0.2, -0.15) is 5.10 Å². The zero-order valence-corrected chi connectivity index (χ0v) is 18.2. The third-order valence-corrected chi connectivity index (χ3v) is 6.20. The summed E-state index contributed by atoms with van der Waals surface area (Å²) in [5.74, 6) is 2.18. The predicted octanol–water partition coefficient (Wildman–Crippen LogP) is 0.0954. The van der Waals surface area contributed by atoms with Gasteiger partial charge in [0.2, 0.25) is 10.0 Å². The molecule has 0 amide bonds. The molecule has 2 aliphatic rings. The molecule has 1 aliphatic carbocycles. The van der Waals surface area contributed by atoms with Gasteiger partial charge in [-0.1, -0.05) is 6.42 Å². The number of nitrogens with zero attached hydrogens (tertiary/aromatic N) is 4. The smallest absolute Gasteiger partial charge is 0.213 e. The highest BCUT2D eigenvalue weighted by atomic mass is 127. The third kappa shape index (κ3) is 6.05. The van der Waals surface area contributed by atoms with Crippen LogP contribution in [0.25, 0.3) is 0 Å². The Labute approximate surface area is 171 Å². The summed E-state index contributed by atoms with van der Waals surface area (Å²) in [6.07, 6.45) is 6.87. The van der Waals surface area contributed by atoms with E-state index in [1.807, 2.05) is 4.68 Å². The van der Waals surface area contributed by atoms with Crippen LogP contribution in [0, 0.1) is 5.92 Å². The van der Waals surface area contributed by atoms with Crippen LogP contribution < -0.4 is 15.4 Å². The van der Waals surface area contributed by atoms with E-state index in [1.54, 1.807) is 13.4 Å². The lowest BCUT2D eigenvalue weighted by Crippen LogP contribution is -2.48. The van der Waals surface area contributed by atoms with E-state index < -0.39 is 10.0 Å². The molecule has 1 unspecified atom stereocenters. The maximum Gasteiger partial charge on any atom is 0.213 e. The third-order valence-electron chi connectivity index (χ3n) is 4.85. The van der Waals surface area contributed by atoms with Gasteiger partial charge in [-0.3, -0.25) is 4.99 Å². The molecule has 1 atom stereocenters. The number of hydrogen-bond acceptors (Lipinski definition) is 5. The molecule has 0 aromatic carbocycles. The second-order valence-electron chi connectivity index (χ2n) is 6.70. The second-order valence-corrected chi connectivity index (χ2v) is 8.63. The molecule has 26 heavy (non-hydrogen) atoms. The van der Waals surface area contributed by atoms with Crippen LogP contribution in [0.1, 0.15) is 31.5 Å². The minimum absolute atomic E-state index is 0. The summed E-state index contributed by atoms with van der Waals surface area (Å²) < 4.78 is 28.6.